The first-order valence-electron chi connectivity index (χ1n) is 8.62. The van der Waals surface area contributed by atoms with Crippen molar-refractivity contribution < 1.29 is 18.7 Å². The number of fused-ring (bicyclic) bond motifs is 1. The van der Waals surface area contributed by atoms with E-state index in [1.807, 2.05) is 24.3 Å². The molecule has 0 radical (unpaired) electrons. The summed E-state index contributed by atoms with van der Waals surface area (Å²) in [5.74, 6) is 0.240. The third-order valence-corrected chi connectivity index (χ3v) is 4.55. The molecule has 1 unspecified atom stereocenters. The van der Waals surface area contributed by atoms with Gasteiger partial charge in [0.05, 0.1) is 19.2 Å². The van der Waals surface area contributed by atoms with Crippen molar-refractivity contribution in [1.29, 1.82) is 0 Å². The Morgan fingerprint density at radius 2 is 2.15 bits per heavy atom. The fraction of sp³-hybridized carbons (Fsp3) is 0.250. The van der Waals surface area contributed by atoms with E-state index in [4.69, 9.17) is 9.47 Å². The number of ether oxygens (including phenoxy) is 2. The van der Waals surface area contributed by atoms with Crippen LogP contribution in [0.4, 0.5) is 4.39 Å². The van der Waals surface area contributed by atoms with Crippen molar-refractivity contribution in [2.75, 3.05) is 20.3 Å². The average Bonchev–Trinajstić information content (AvgIpc) is 3.11. The zero-order valence-electron chi connectivity index (χ0n) is 14.7. The number of carbonyl (C=O) groups is 1. The number of rotatable bonds is 5. The van der Waals surface area contributed by atoms with Crippen LogP contribution in [0.25, 0.3) is 22.0 Å². The Morgan fingerprint density at radius 1 is 1.26 bits per heavy atom. The number of carbonyl (C=O) groups excluding carboxylic acids is 1. The van der Waals surface area contributed by atoms with E-state index in [0.29, 0.717) is 30.9 Å². The zero-order valence-corrected chi connectivity index (χ0v) is 14.7. The molecular weight excluding hydrogens is 349 g/mol. The smallest absolute Gasteiger partial charge is 0.250 e. The monoisotopic (exact) mass is 367 g/mol. The SMILES string of the molecule is COc1ncc(-c2cc(OCC3CNC(=O)C3)c3cccnc3c2)cc1F. The van der Waals surface area contributed by atoms with Crippen LogP contribution in [-0.2, 0) is 4.79 Å². The molecule has 3 heterocycles. The molecule has 1 aliphatic heterocycles. The molecule has 0 bridgehead atoms. The highest BCUT2D eigenvalue weighted by atomic mass is 19.1. The van der Waals surface area contributed by atoms with Gasteiger partial charge in [-0.05, 0) is 35.9 Å². The van der Waals surface area contributed by atoms with Crippen molar-refractivity contribution in [3.63, 3.8) is 0 Å². The summed E-state index contributed by atoms with van der Waals surface area (Å²) in [4.78, 5) is 19.8. The summed E-state index contributed by atoms with van der Waals surface area (Å²) in [5.41, 5.74) is 2.08. The Morgan fingerprint density at radius 3 is 2.89 bits per heavy atom. The summed E-state index contributed by atoms with van der Waals surface area (Å²) in [7, 11) is 1.37. The Bertz CT molecular complexity index is 1010. The number of hydrogen-bond acceptors (Lipinski definition) is 5. The number of nitrogens with one attached hydrogen (secondary N) is 1. The fourth-order valence-corrected chi connectivity index (χ4v) is 3.16. The second-order valence-electron chi connectivity index (χ2n) is 6.44. The number of benzene rings is 1. The molecule has 1 aromatic carbocycles. The Kier molecular flexibility index (Phi) is 4.58. The quantitative estimate of drug-likeness (QED) is 0.751. The number of halogens is 1. The highest BCUT2D eigenvalue weighted by Crippen LogP contribution is 2.33. The summed E-state index contributed by atoms with van der Waals surface area (Å²) in [5, 5.41) is 3.67. The second kappa shape index (κ2) is 7.19. The van der Waals surface area contributed by atoms with E-state index in [1.165, 1.54) is 13.2 Å². The first-order valence-corrected chi connectivity index (χ1v) is 8.62. The third kappa shape index (κ3) is 3.53. The molecule has 1 amide bonds. The molecule has 1 atom stereocenters. The minimum atomic E-state index is -0.533. The Balaban J connectivity index is 1.69. The first kappa shape index (κ1) is 17.2. The van der Waals surface area contributed by atoms with Gasteiger partial charge in [-0.2, -0.15) is 0 Å². The van der Waals surface area contributed by atoms with Gasteiger partial charge >= 0.3 is 0 Å². The van der Waals surface area contributed by atoms with Gasteiger partial charge in [0.2, 0.25) is 11.8 Å². The third-order valence-electron chi connectivity index (χ3n) is 4.55. The zero-order chi connectivity index (χ0) is 18.8. The van der Waals surface area contributed by atoms with Crippen molar-refractivity contribution in [3.05, 3.63) is 48.5 Å². The first-order chi connectivity index (χ1) is 13.1. The number of nitrogens with zero attached hydrogens (tertiary/aromatic N) is 2. The molecule has 27 heavy (non-hydrogen) atoms. The van der Waals surface area contributed by atoms with Gasteiger partial charge < -0.3 is 14.8 Å². The minimum Gasteiger partial charge on any atom is -0.492 e. The molecule has 4 rings (SSSR count). The topological polar surface area (TPSA) is 73.3 Å². The summed E-state index contributed by atoms with van der Waals surface area (Å²) < 4.78 is 25.0. The van der Waals surface area contributed by atoms with Crippen LogP contribution in [0.2, 0.25) is 0 Å². The highest BCUT2D eigenvalue weighted by molar-refractivity contribution is 5.90. The van der Waals surface area contributed by atoms with E-state index < -0.39 is 5.82 Å². The van der Waals surface area contributed by atoms with E-state index in [1.54, 1.807) is 12.4 Å². The Hall–Kier alpha value is -3.22. The minimum absolute atomic E-state index is 0.0451. The van der Waals surface area contributed by atoms with Crippen molar-refractivity contribution >= 4 is 16.8 Å². The molecule has 2 aromatic heterocycles. The number of methoxy groups -OCH3 is 1. The lowest BCUT2D eigenvalue weighted by Gasteiger charge is -2.14. The molecule has 7 heteroatoms. The highest BCUT2D eigenvalue weighted by Gasteiger charge is 2.22. The maximum Gasteiger partial charge on any atom is 0.250 e. The summed E-state index contributed by atoms with van der Waals surface area (Å²) in [6, 6.07) is 8.85. The van der Waals surface area contributed by atoms with Crippen LogP contribution in [0.5, 0.6) is 11.6 Å². The Labute approximate surface area is 155 Å². The van der Waals surface area contributed by atoms with Gasteiger partial charge in [-0.3, -0.25) is 9.78 Å². The molecule has 138 valence electrons. The van der Waals surface area contributed by atoms with E-state index in [0.717, 1.165) is 16.5 Å². The molecule has 1 fully saturated rings. The number of amides is 1. The van der Waals surface area contributed by atoms with Gasteiger partial charge in [0.25, 0.3) is 0 Å². The van der Waals surface area contributed by atoms with Gasteiger partial charge in [-0.25, -0.2) is 9.37 Å². The summed E-state index contributed by atoms with van der Waals surface area (Å²) >= 11 is 0. The van der Waals surface area contributed by atoms with Crippen LogP contribution in [0.15, 0.2) is 42.7 Å². The molecular formula is C20H18FN3O3. The molecule has 1 N–H and O–H groups in total. The molecule has 3 aromatic rings. The van der Waals surface area contributed by atoms with Gasteiger partial charge in [-0.15, -0.1) is 0 Å². The fourth-order valence-electron chi connectivity index (χ4n) is 3.16. The average molecular weight is 367 g/mol. The van der Waals surface area contributed by atoms with Gasteiger partial charge in [-0.1, -0.05) is 0 Å². The number of hydrogen-bond donors (Lipinski definition) is 1. The van der Waals surface area contributed by atoms with Crippen LogP contribution in [0.3, 0.4) is 0 Å². The van der Waals surface area contributed by atoms with Crippen LogP contribution >= 0.6 is 0 Å². The second-order valence-corrected chi connectivity index (χ2v) is 6.44. The van der Waals surface area contributed by atoms with Crippen molar-refractivity contribution in [1.82, 2.24) is 15.3 Å². The standard InChI is InChI=1S/C20H18FN3O3/c1-26-20-16(21)6-14(10-24-20)13-7-17-15(3-2-4-22-17)18(8-13)27-11-12-5-19(25)23-9-12/h2-4,6-8,10,12H,5,9,11H2,1H3,(H,23,25). The molecule has 0 aliphatic carbocycles. The van der Waals surface area contributed by atoms with Crippen LogP contribution in [0, 0.1) is 11.7 Å². The largest absolute Gasteiger partial charge is 0.492 e. The molecule has 0 saturated carbocycles. The van der Waals surface area contributed by atoms with E-state index in [2.05, 4.69) is 15.3 Å². The molecule has 1 aliphatic rings. The van der Waals surface area contributed by atoms with E-state index in [-0.39, 0.29) is 17.7 Å². The number of aromatic nitrogens is 2. The van der Waals surface area contributed by atoms with Gasteiger partial charge in [0.1, 0.15) is 5.75 Å². The lowest BCUT2D eigenvalue weighted by Crippen LogP contribution is -2.16. The van der Waals surface area contributed by atoms with E-state index >= 15 is 0 Å². The predicted molar refractivity (Wildman–Crippen MR) is 98.1 cm³/mol. The predicted octanol–water partition coefficient (Wildman–Crippen LogP) is 2.96. The van der Waals surface area contributed by atoms with Crippen LogP contribution in [-0.4, -0.2) is 36.1 Å². The van der Waals surface area contributed by atoms with Crippen molar-refractivity contribution in [3.8, 4) is 22.8 Å². The molecule has 0 spiro atoms. The van der Waals surface area contributed by atoms with Crippen LogP contribution < -0.4 is 14.8 Å². The lowest BCUT2D eigenvalue weighted by molar-refractivity contribution is -0.119. The molecule has 1 saturated heterocycles. The number of pyridine rings is 2. The van der Waals surface area contributed by atoms with Gasteiger partial charge in [0, 0.05) is 42.2 Å². The van der Waals surface area contributed by atoms with Crippen molar-refractivity contribution in [2.24, 2.45) is 5.92 Å². The van der Waals surface area contributed by atoms with Gasteiger partial charge in [0.15, 0.2) is 5.82 Å². The maximum absolute atomic E-state index is 14.1. The molecule has 6 nitrogen and oxygen atoms in total. The lowest BCUT2D eigenvalue weighted by atomic mass is 10.0. The normalized spacial score (nSPS) is 16.4. The summed E-state index contributed by atoms with van der Waals surface area (Å²) in [6.45, 7) is 1.03. The maximum atomic E-state index is 14.1. The van der Waals surface area contributed by atoms with Crippen molar-refractivity contribution in [2.45, 2.75) is 6.42 Å². The van der Waals surface area contributed by atoms with E-state index in [9.17, 15) is 9.18 Å². The van der Waals surface area contributed by atoms with Crippen LogP contribution in [0.1, 0.15) is 6.42 Å². The summed E-state index contributed by atoms with van der Waals surface area (Å²) in [6.07, 6.45) is 3.71.